The molecule has 8 heteroatoms. The summed E-state index contributed by atoms with van der Waals surface area (Å²) in [6, 6.07) is 11.5. The van der Waals surface area contributed by atoms with Gasteiger partial charge in [-0.25, -0.2) is 0 Å². The van der Waals surface area contributed by atoms with Crippen molar-refractivity contribution in [3.8, 4) is 22.9 Å². The van der Waals surface area contributed by atoms with E-state index in [1.807, 2.05) is 35.2 Å². The Morgan fingerprint density at radius 3 is 2.55 bits per heavy atom. The first-order valence-electron chi connectivity index (χ1n) is 10.6. The summed E-state index contributed by atoms with van der Waals surface area (Å²) in [6.07, 6.45) is 5.84. The molecule has 0 N–H and O–H groups in total. The Morgan fingerprint density at radius 2 is 1.81 bits per heavy atom. The maximum absolute atomic E-state index is 13.3. The van der Waals surface area contributed by atoms with E-state index in [0.717, 1.165) is 42.9 Å². The van der Waals surface area contributed by atoms with Crippen LogP contribution in [0.1, 0.15) is 48.0 Å². The molecule has 5 rings (SSSR count). The molecule has 0 saturated heterocycles. The first kappa shape index (κ1) is 19.5. The van der Waals surface area contributed by atoms with E-state index in [2.05, 4.69) is 19.7 Å². The maximum Gasteiger partial charge on any atom is 0.273 e. The van der Waals surface area contributed by atoms with Crippen molar-refractivity contribution in [1.82, 2.24) is 24.6 Å². The van der Waals surface area contributed by atoms with Gasteiger partial charge < -0.3 is 18.9 Å². The van der Waals surface area contributed by atoms with Crippen LogP contribution < -0.4 is 9.47 Å². The maximum atomic E-state index is 13.3. The highest BCUT2D eigenvalue weighted by atomic mass is 16.5. The van der Waals surface area contributed by atoms with Crippen molar-refractivity contribution in [3.63, 3.8) is 0 Å². The molecule has 31 heavy (non-hydrogen) atoms. The fraction of sp³-hybridized carbons (Fsp3) is 0.391. The van der Waals surface area contributed by atoms with Gasteiger partial charge in [-0.05, 0) is 43.2 Å². The lowest BCUT2D eigenvalue weighted by Gasteiger charge is -2.44. The van der Waals surface area contributed by atoms with Gasteiger partial charge in [-0.2, -0.15) is 0 Å². The quantitative estimate of drug-likeness (QED) is 0.644. The van der Waals surface area contributed by atoms with Gasteiger partial charge in [-0.3, -0.25) is 9.78 Å². The summed E-state index contributed by atoms with van der Waals surface area (Å²) in [4.78, 5) is 19.5. The Balaban J connectivity index is 1.55. The van der Waals surface area contributed by atoms with Gasteiger partial charge in [0.2, 0.25) is 0 Å². The third-order valence-corrected chi connectivity index (χ3v) is 6.29. The van der Waals surface area contributed by atoms with E-state index in [1.54, 1.807) is 26.5 Å². The zero-order valence-electron chi connectivity index (χ0n) is 17.7. The van der Waals surface area contributed by atoms with E-state index in [1.165, 1.54) is 0 Å². The van der Waals surface area contributed by atoms with Crippen LogP contribution in [0.25, 0.3) is 11.4 Å². The lowest BCUT2D eigenvalue weighted by Crippen LogP contribution is -2.50. The highest BCUT2D eigenvalue weighted by Gasteiger charge is 2.41. The molecule has 3 aromatic rings. The van der Waals surface area contributed by atoms with E-state index in [4.69, 9.17) is 9.47 Å². The van der Waals surface area contributed by atoms with Crippen LogP contribution in [0.5, 0.6) is 11.5 Å². The topological polar surface area (TPSA) is 82.4 Å². The largest absolute Gasteiger partial charge is 0.493 e. The number of hydrogen-bond donors (Lipinski definition) is 0. The molecule has 8 nitrogen and oxygen atoms in total. The van der Waals surface area contributed by atoms with Gasteiger partial charge in [0.25, 0.3) is 5.91 Å². The predicted octanol–water partition coefficient (Wildman–Crippen LogP) is 3.50. The van der Waals surface area contributed by atoms with Crippen molar-refractivity contribution < 1.29 is 14.3 Å². The first-order chi connectivity index (χ1) is 15.2. The molecule has 1 aromatic carbocycles. The van der Waals surface area contributed by atoms with Crippen LogP contribution in [0.15, 0.2) is 42.6 Å². The van der Waals surface area contributed by atoms with Gasteiger partial charge >= 0.3 is 0 Å². The number of nitrogens with zero attached hydrogens (tertiary/aromatic N) is 5. The third-order valence-electron chi connectivity index (χ3n) is 6.29. The highest BCUT2D eigenvalue weighted by Crippen LogP contribution is 2.41. The Kier molecular flexibility index (Phi) is 5.05. The number of rotatable bonds is 4. The fourth-order valence-corrected chi connectivity index (χ4v) is 4.84. The molecule has 1 amide bonds. The minimum atomic E-state index is -0.0422. The monoisotopic (exact) mass is 419 g/mol. The van der Waals surface area contributed by atoms with Gasteiger partial charge in [-0.1, -0.05) is 18.9 Å². The van der Waals surface area contributed by atoms with Crippen molar-refractivity contribution in [2.45, 2.75) is 44.3 Å². The molecule has 1 fully saturated rings. The second-order valence-electron chi connectivity index (χ2n) is 7.95. The van der Waals surface area contributed by atoms with Crippen LogP contribution in [-0.2, 0) is 6.54 Å². The molecule has 0 radical (unpaired) electrons. The molecule has 1 aliphatic heterocycles. The summed E-state index contributed by atoms with van der Waals surface area (Å²) in [6.45, 7) is 0.427. The third kappa shape index (κ3) is 3.32. The lowest BCUT2D eigenvalue weighted by atomic mass is 9.87. The van der Waals surface area contributed by atoms with Crippen LogP contribution in [0.4, 0.5) is 0 Å². The second kappa shape index (κ2) is 8.02. The number of amides is 1. The van der Waals surface area contributed by atoms with E-state index < -0.39 is 0 Å². The average molecular weight is 419 g/mol. The Labute approximate surface area is 180 Å². The van der Waals surface area contributed by atoms with E-state index in [-0.39, 0.29) is 18.0 Å². The summed E-state index contributed by atoms with van der Waals surface area (Å²) in [7, 11) is 3.25. The Hall–Kier alpha value is -3.42. The van der Waals surface area contributed by atoms with Crippen LogP contribution in [0.3, 0.4) is 0 Å². The van der Waals surface area contributed by atoms with Crippen molar-refractivity contribution in [1.29, 1.82) is 0 Å². The number of hydrogen-bond acceptors (Lipinski definition) is 6. The summed E-state index contributed by atoms with van der Waals surface area (Å²) in [5, 5.41) is 8.99. The van der Waals surface area contributed by atoms with Crippen molar-refractivity contribution in [2.24, 2.45) is 0 Å². The number of pyridine rings is 1. The number of carbonyl (C=O) groups is 1. The number of benzene rings is 1. The zero-order chi connectivity index (χ0) is 21.4. The molecule has 1 saturated carbocycles. The van der Waals surface area contributed by atoms with Gasteiger partial charge in [-0.15, -0.1) is 10.2 Å². The molecule has 160 valence electrons. The number of fused-ring (bicyclic) bond motifs is 3. The fourth-order valence-electron chi connectivity index (χ4n) is 4.84. The molecule has 0 bridgehead atoms. The number of ether oxygens (including phenoxy) is 2. The van der Waals surface area contributed by atoms with Crippen LogP contribution >= 0.6 is 0 Å². The van der Waals surface area contributed by atoms with Crippen molar-refractivity contribution >= 4 is 5.91 Å². The SMILES string of the molecule is COc1ccc(-c2nnc3n2[C@H]2CCCC[C@@H]2N(C(=O)c2ccccn2)C3)cc1OC. The number of carbonyl (C=O) groups excluding carboxylic acids is 1. The van der Waals surface area contributed by atoms with Gasteiger partial charge in [0.1, 0.15) is 5.69 Å². The summed E-state index contributed by atoms with van der Waals surface area (Å²) < 4.78 is 13.1. The number of aromatic nitrogens is 4. The first-order valence-corrected chi connectivity index (χ1v) is 10.6. The molecule has 2 aromatic heterocycles. The van der Waals surface area contributed by atoms with E-state index in [9.17, 15) is 4.79 Å². The summed E-state index contributed by atoms with van der Waals surface area (Å²) in [5.41, 5.74) is 1.39. The molecule has 2 aliphatic rings. The average Bonchev–Trinajstić information content (AvgIpc) is 3.27. The van der Waals surface area contributed by atoms with Gasteiger partial charge in [0.15, 0.2) is 23.1 Å². The molecular formula is C23H25N5O3. The highest BCUT2D eigenvalue weighted by molar-refractivity contribution is 5.92. The minimum Gasteiger partial charge on any atom is -0.493 e. The molecule has 3 heterocycles. The predicted molar refractivity (Wildman–Crippen MR) is 114 cm³/mol. The lowest BCUT2D eigenvalue weighted by molar-refractivity contribution is 0.0415. The molecule has 1 aliphatic carbocycles. The van der Waals surface area contributed by atoms with Gasteiger partial charge in [0, 0.05) is 11.8 Å². The normalized spacial score (nSPS) is 20.0. The van der Waals surface area contributed by atoms with Crippen LogP contribution in [0, 0.1) is 0 Å². The number of methoxy groups -OCH3 is 2. The smallest absolute Gasteiger partial charge is 0.273 e. The zero-order valence-corrected chi connectivity index (χ0v) is 17.7. The Bertz CT molecular complexity index is 1100. The standard InChI is InChI=1S/C23H25N5O3/c1-30-19-11-10-15(13-20(19)31-2)22-26-25-21-14-27(23(29)16-7-5-6-12-24-16)17-8-3-4-9-18(17)28(21)22/h5-7,10-13,17-18H,3-4,8-9,14H2,1-2H3/t17-,18-/m0/s1. The Morgan fingerprint density at radius 1 is 1.00 bits per heavy atom. The van der Waals surface area contributed by atoms with Crippen molar-refractivity contribution in [2.75, 3.05) is 14.2 Å². The van der Waals surface area contributed by atoms with E-state index in [0.29, 0.717) is 23.7 Å². The second-order valence-corrected chi connectivity index (χ2v) is 7.95. The van der Waals surface area contributed by atoms with Gasteiger partial charge in [0.05, 0.1) is 32.8 Å². The van der Waals surface area contributed by atoms with Crippen molar-refractivity contribution in [3.05, 3.63) is 54.1 Å². The summed E-state index contributed by atoms with van der Waals surface area (Å²) in [5.74, 6) is 2.89. The summed E-state index contributed by atoms with van der Waals surface area (Å²) >= 11 is 0. The minimum absolute atomic E-state index is 0.0422. The molecule has 2 atom stereocenters. The van der Waals surface area contributed by atoms with Crippen LogP contribution in [0.2, 0.25) is 0 Å². The van der Waals surface area contributed by atoms with E-state index >= 15 is 0 Å². The molecule has 0 spiro atoms. The van der Waals surface area contributed by atoms with Crippen LogP contribution in [-0.4, -0.2) is 50.8 Å². The molecule has 0 unspecified atom stereocenters. The molecular weight excluding hydrogens is 394 g/mol.